The van der Waals surface area contributed by atoms with Gasteiger partial charge in [-0.2, -0.15) is 13.2 Å². The van der Waals surface area contributed by atoms with Crippen LogP contribution >= 0.6 is 0 Å². The molecule has 0 aromatic heterocycles. The number of carbonyl (C=O) groups excluding carboxylic acids is 1. The lowest BCUT2D eigenvalue weighted by Crippen LogP contribution is -2.32. The van der Waals surface area contributed by atoms with E-state index < -0.39 is 23.6 Å². The molecule has 0 aliphatic rings. The number of amides is 1. The Kier molecular flexibility index (Phi) is 8.57. The first-order chi connectivity index (χ1) is 14.3. The van der Waals surface area contributed by atoms with Gasteiger partial charge >= 0.3 is 12.3 Å². The second-order valence-electron chi connectivity index (χ2n) is 7.12. The van der Waals surface area contributed by atoms with Crippen LogP contribution in [0.1, 0.15) is 50.7 Å². The predicted octanol–water partition coefficient (Wildman–Crippen LogP) is 7.06. The highest BCUT2D eigenvalue weighted by molar-refractivity contribution is 5.73. The van der Waals surface area contributed by atoms with Crippen LogP contribution in [0.15, 0.2) is 42.5 Å². The Morgan fingerprint density at radius 3 is 2.30 bits per heavy atom. The van der Waals surface area contributed by atoms with Gasteiger partial charge in [-0.15, -0.1) is 0 Å². The molecule has 0 atom stereocenters. The Morgan fingerprint density at radius 1 is 1.03 bits per heavy atom. The monoisotopic (exact) mass is 422 g/mol. The van der Waals surface area contributed by atoms with Crippen LogP contribution in [0.3, 0.4) is 0 Å². The van der Waals surface area contributed by atoms with Crippen molar-refractivity contribution in [3.8, 4) is 16.9 Å². The predicted molar refractivity (Wildman–Crippen MR) is 109 cm³/mol. The number of hydrogen-bond acceptors (Lipinski definition) is 2. The molecule has 0 unspecified atom stereocenters. The summed E-state index contributed by atoms with van der Waals surface area (Å²) < 4.78 is 45.7. The zero-order valence-electron chi connectivity index (χ0n) is 17.3. The van der Waals surface area contributed by atoms with Crippen LogP contribution in [-0.2, 0) is 22.6 Å². The summed E-state index contributed by atoms with van der Waals surface area (Å²) in [6.45, 7) is 4.21. The van der Waals surface area contributed by atoms with Gasteiger partial charge in [0.25, 0.3) is 0 Å². The minimum Gasteiger partial charge on any atom is -0.449 e. The van der Waals surface area contributed by atoms with E-state index in [-0.39, 0.29) is 24.3 Å². The number of ether oxygens (including phenoxy) is 1. The van der Waals surface area contributed by atoms with Crippen molar-refractivity contribution < 1.29 is 27.8 Å². The molecule has 7 heteroatoms. The van der Waals surface area contributed by atoms with Gasteiger partial charge in [0.2, 0.25) is 0 Å². The molecular formula is C23H27F3NO3. The number of carbonyl (C=O) groups is 1. The number of hydrogen-bond donors (Lipinski definition) is 0. The number of rotatable bonds is 9. The van der Waals surface area contributed by atoms with E-state index in [1.54, 1.807) is 30.3 Å². The summed E-state index contributed by atoms with van der Waals surface area (Å²) in [5, 5.41) is 13.0. The lowest BCUT2D eigenvalue weighted by Gasteiger charge is -2.23. The first kappa shape index (κ1) is 23.6. The number of unbranched alkanes of at least 4 members (excludes halogenated alkanes) is 2. The van der Waals surface area contributed by atoms with Crippen LogP contribution in [0.2, 0.25) is 0 Å². The molecule has 30 heavy (non-hydrogen) atoms. The first-order valence-electron chi connectivity index (χ1n) is 10.2. The van der Waals surface area contributed by atoms with Gasteiger partial charge in [0.1, 0.15) is 0 Å². The van der Waals surface area contributed by atoms with Crippen molar-refractivity contribution in [2.75, 3.05) is 13.2 Å². The van der Waals surface area contributed by atoms with Crippen LogP contribution in [-0.4, -0.2) is 24.1 Å². The van der Waals surface area contributed by atoms with E-state index in [9.17, 15) is 23.1 Å². The van der Waals surface area contributed by atoms with E-state index in [0.29, 0.717) is 24.9 Å². The lowest BCUT2D eigenvalue weighted by molar-refractivity contribution is -0.137. The van der Waals surface area contributed by atoms with Crippen LogP contribution in [0.4, 0.5) is 18.0 Å². The molecule has 2 aromatic carbocycles. The topological polar surface area (TPSA) is 49.4 Å². The van der Waals surface area contributed by atoms with Crippen LogP contribution in [0.5, 0.6) is 5.75 Å². The first-order valence-corrected chi connectivity index (χ1v) is 10.2. The summed E-state index contributed by atoms with van der Waals surface area (Å²) >= 11 is 0. The molecule has 0 saturated carbocycles. The van der Waals surface area contributed by atoms with Crippen molar-refractivity contribution in [2.24, 2.45) is 0 Å². The average Bonchev–Trinajstić information content (AvgIpc) is 2.72. The third kappa shape index (κ3) is 6.40. The maximum absolute atomic E-state index is 13.5. The molecule has 0 saturated heterocycles. The van der Waals surface area contributed by atoms with Gasteiger partial charge in [-0.25, -0.2) is 4.79 Å². The lowest BCUT2D eigenvalue weighted by atomic mass is 9.97. The van der Waals surface area contributed by atoms with Crippen molar-refractivity contribution in [1.29, 1.82) is 0 Å². The SMILES string of the molecule is CCCCOC(=O)N(CCCC)Cc1cc(C(F)(F)F)cc(-c2ccccc2)c1[O]. The third-order valence-electron chi connectivity index (χ3n) is 4.70. The summed E-state index contributed by atoms with van der Waals surface area (Å²) in [5.74, 6) is -0.517. The van der Waals surface area contributed by atoms with Crippen molar-refractivity contribution in [3.05, 3.63) is 53.6 Å². The molecular weight excluding hydrogens is 395 g/mol. The Balaban J connectivity index is 2.42. The molecule has 4 nitrogen and oxygen atoms in total. The Hall–Kier alpha value is -2.70. The highest BCUT2D eigenvalue weighted by Gasteiger charge is 2.33. The van der Waals surface area contributed by atoms with Gasteiger partial charge in [0.05, 0.1) is 18.7 Å². The van der Waals surface area contributed by atoms with Gasteiger partial charge in [0, 0.05) is 17.7 Å². The van der Waals surface area contributed by atoms with Crippen LogP contribution < -0.4 is 0 Å². The normalized spacial score (nSPS) is 11.4. The minimum atomic E-state index is -4.61. The molecule has 0 aliphatic carbocycles. The van der Waals surface area contributed by atoms with Crippen molar-refractivity contribution in [3.63, 3.8) is 0 Å². The van der Waals surface area contributed by atoms with Crippen molar-refractivity contribution >= 4 is 6.09 Å². The third-order valence-corrected chi connectivity index (χ3v) is 4.70. The van der Waals surface area contributed by atoms with E-state index in [2.05, 4.69) is 0 Å². The van der Waals surface area contributed by atoms with Gasteiger partial charge in [-0.3, -0.25) is 5.11 Å². The summed E-state index contributed by atoms with van der Waals surface area (Å²) in [6.07, 6.45) is -2.23. The van der Waals surface area contributed by atoms with Gasteiger partial charge in [-0.1, -0.05) is 57.0 Å². The Morgan fingerprint density at radius 2 is 1.70 bits per heavy atom. The quantitative estimate of drug-likeness (QED) is 0.406. The van der Waals surface area contributed by atoms with E-state index in [1.165, 1.54) is 4.90 Å². The summed E-state index contributed by atoms with van der Waals surface area (Å²) in [5.41, 5.74) is -0.617. The highest BCUT2D eigenvalue weighted by Crippen LogP contribution is 2.40. The van der Waals surface area contributed by atoms with E-state index in [0.717, 1.165) is 25.0 Å². The number of alkyl halides is 3. The van der Waals surface area contributed by atoms with Gasteiger partial charge in [-0.05, 0) is 30.5 Å². The zero-order valence-corrected chi connectivity index (χ0v) is 17.3. The fourth-order valence-electron chi connectivity index (χ4n) is 2.99. The van der Waals surface area contributed by atoms with E-state index in [4.69, 9.17) is 4.74 Å². The van der Waals surface area contributed by atoms with Crippen LogP contribution in [0.25, 0.3) is 11.1 Å². The summed E-state index contributed by atoms with van der Waals surface area (Å²) in [7, 11) is 0. The molecule has 163 valence electrons. The molecule has 0 bridgehead atoms. The van der Waals surface area contributed by atoms with Crippen molar-refractivity contribution in [2.45, 2.75) is 52.3 Å². The second kappa shape index (κ2) is 10.9. The molecule has 2 rings (SSSR count). The van der Waals surface area contributed by atoms with E-state index in [1.807, 2.05) is 13.8 Å². The molecule has 0 N–H and O–H groups in total. The van der Waals surface area contributed by atoms with Crippen LogP contribution in [0, 0.1) is 0 Å². The molecule has 1 amide bonds. The smallest absolute Gasteiger partial charge is 0.416 e. The molecule has 2 aromatic rings. The Labute approximate surface area is 175 Å². The molecule has 0 heterocycles. The molecule has 1 radical (unpaired) electrons. The maximum Gasteiger partial charge on any atom is 0.416 e. The standard InChI is InChI=1S/C23H27F3NO3/c1-3-5-12-27(22(29)30-13-6-4-2)16-18-14-19(23(24,25)26)15-20(21(18)28)17-10-8-7-9-11-17/h7-11,14-15H,3-6,12-13,16H2,1-2H3. The zero-order chi connectivity index (χ0) is 22.1. The fourth-order valence-corrected chi connectivity index (χ4v) is 2.99. The van der Waals surface area contributed by atoms with Gasteiger partial charge < -0.3 is 9.64 Å². The summed E-state index contributed by atoms with van der Waals surface area (Å²) in [4.78, 5) is 13.8. The Bertz CT molecular complexity index is 822. The van der Waals surface area contributed by atoms with Crippen molar-refractivity contribution in [1.82, 2.24) is 4.90 Å². The minimum absolute atomic E-state index is 0.0322. The number of nitrogens with zero attached hydrogens (tertiary/aromatic N) is 1. The molecule has 0 spiro atoms. The fraction of sp³-hybridized carbons (Fsp3) is 0.435. The van der Waals surface area contributed by atoms with Gasteiger partial charge in [0.15, 0.2) is 5.75 Å². The highest BCUT2D eigenvalue weighted by atomic mass is 19.4. The number of benzene rings is 2. The molecule has 0 fully saturated rings. The second-order valence-corrected chi connectivity index (χ2v) is 7.12. The summed E-state index contributed by atoms with van der Waals surface area (Å²) in [6, 6.07) is 9.94. The molecule has 0 aliphatic heterocycles. The number of halogens is 3. The van der Waals surface area contributed by atoms with E-state index >= 15 is 0 Å². The average molecular weight is 422 g/mol. The maximum atomic E-state index is 13.5. The largest absolute Gasteiger partial charge is 0.449 e.